The van der Waals surface area contributed by atoms with Crippen LogP contribution in [0.15, 0.2) is 47.5 Å². The lowest BCUT2D eigenvalue weighted by molar-refractivity contribution is -0.125. The maximum Gasteiger partial charge on any atom is 0.207 e. The Labute approximate surface area is 381 Å². The Hall–Kier alpha value is -4.28. The first-order valence-electron chi connectivity index (χ1n) is 24.2. The molecule has 1 aliphatic heterocycles. The number of unbranched alkanes of at least 4 members (excludes halogenated alkanes) is 1. The van der Waals surface area contributed by atoms with E-state index in [1.54, 1.807) is 20.2 Å². The Morgan fingerprint density at radius 2 is 1.84 bits per heavy atom. The minimum absolute atomic E-state index is 0.000217. The van der Waals surface area contributed by atoms with E-state index in [0.717, 1.165) is 94.6 Å². The number of fused-ring (bicyclic) bond motifs is 3. The first-order chi connectivity index (χ1) is 31.0. The summed E-state index contributed by atoms with van der Waals surface area (Å²) in [5.74, 6) is 5.78. The fraction of sp³-hybridized carbons (Fsp3) is 0.654. The molecule has 0 unspecified atom stereocenters. The topological polar surface area (TPSA) is 174 Å². The summed E-state index contributed by atoms with van der Waals surface area (Å²) in [7, 11) is 5.16. The van der Waals surface area contributed by atoms with Gasteiger partial charge >= 0.3 is 0 Å². The molecule has 350 valence electrons. The second-order valence-corrected chi connectivity index (χ2v) is 19.5. The van der Waals surface area contributed by atoms with Gasteiger partial charge in [0.25, 0.3) is 0 Å². The van der Waals surface area contributed by atoms with E-state index in [1.807, 2.05) is 25.3 Å². The summed E-state index contributed by atoms with van der Waals surface area (Å²) in [6, 6.07) is 12.8. The smallest absolute Gasteiger partial charge is 0.207 e. The van der Waals surface area contributed by atoms with Crippen LogP contribution in [0.3, 0.4) is 0 Å². The van der Waals surface area contributed by atoms with Gasteiger partial charge in [-0.25, -0.2) is 0 Å². The summed E-state index contributed by atoms with van der Waals surface area (Å²) in [5, 5.41) is 52.6. The normalized spacial score (nSPS) is 31.8. The predicted molar refractivity (Wildman–Crippen MR) is 251 cm³/mol. The maximum absolute atomic E-state index is 15.3. The van der Waals surface area contributed by atoms with Gasteiger partial charge in [-0.15, -0.1) is 0 Å². The number of rotatable bonds is 16. The minimum Gasteiger partial charge on any atom is -0.504 e. The zero-order chi connectivity index (χ0) is 45.3. The van der Waals surface area contributed by atoms with Crippen LogP contribution in [-0.2, 0) is 21.4 Å². The van der Waals surface area contributed by atoms with Crippen molar-refractivity contribution in [3.63, 3.8) is 0 Å². The average Bonchev–Trinajstić information content (AvgIpc) is 4.02. The fourth-order valence-corrected chi connectivity index (χ4v) is 12.8. The number of ether oxygens (including phenoxy) is 3. The number of anilines is 1. The van der Waals surface area contributed by atoms with E-state index in [0.29, 0.717) is 80.2 Å². The van der Waals surface area contributed by atoms with Gasteiger partial charge in [0.05, 0.1) is 19.4 Å². The Balaban J connectivity index is 1.33. The van der Waals surface area contributed by atoms with Gasteiger partial charge in [-0.2, -0.15) is 0 Å². The number of benzene rings is 2. The van der Waals surface area contributed by atoms with Gasteiger partial charge in [0, 0.05) is 49.9 Å². The van der Waals surface area contributed by atoms with Crippen LogP contribution in [0.25, 0.3) is 0 Å². The van der Waals surface area contributed by atoms with Crippen molar-refractivity contribution in [2.24, 2.45) is 40.0 Å². The minimum atomic E-state index is -0.926. The highest BCUT2D eigenvalue weighted by atomic mass is 16.6. The van der Waals surface area contributed by atoms with Crippen LogP contribution in [0.4, 0.5) is 5.69 Å². The van der Waals surface area contributed by atoms with E-state index in [4.69, 9.17) is 14.2 Å². The van der Waals surface area contributed by atoms with E-state index in [1.165, 1.54) is 0 Å². The average molecular weight is 883 g/mol. The number of aliphatic hydroxyl groups is 2. The molecule has 0 amide bonds. The van der Waals surface area contributed by atoms with Crippen LogP contribution in [0.2, 0.25) is 0 Å². The van der Waals surface area contributed by atoms with Gasteiger partial charge in [0.15, 0.2) is 35.1 Å². The molecule has 2 aromatic carbocycles. The highest BCUT2D eigenvalue weighted by Crippen LogP contribution is 2.61. The van der Waals surface area contributed by atoms with Crippen LogP contribution in [0.1, 0.15) is 127 Å². The third kappa shape index (κ3) is 10.1. The van der Waals surface area contributed by atoms with Crippen molar-refractivity contribution in [3.05, 3.63) is 53.6 Å². The second kappa shape index (κ2) is 21.4. The largest absolute Gasteiger partial charge is 0.504 e. The molecular formula is C52H74N4O8. The van der Waals surface area contributed by atoms with Crippen molar-refractivity contribution < 1.29 is 39.4 Å². The number of phenolic OH excluding ortho intramolecular Hbond substituents is 2. The van der Waals surface area contributed by atoms with Gasteiger partial charge in [-0.1, -0.05) is 50.7 Å². The van der Waals surface area contributed by atoms with Crippen molar-refractivity contribution in [1.29, 1.82) is 0 Å². The number of likely N-dealkylation sites (N-methyl/N-ethyl adjacent to an activating group) is 1. The number of phenols is 2. The Morgan fingerprint density at radius 1 is 1.02 bits per heavy atom. The molecule has 9 atom stereocenters. The van der Waals surface area contributed by atoms with Gasteiger partial charge in [-0.3, -0.25) is 15.1 Å². The summed E-state index contributed by atoms with van der Waals surface area (Å²) in [6.45, 7) is 3.12. The number of ketones is 1. The molecule has 4 aliphatic carbocycles. The molecule has 1 heterocycles. The molecule has 5 aliphatic rings. The fourth-order valence-electron chi connectivity index (χ4n) is 12.8. The van der Waals surface area contributed by atoms with Crippen molar-refractivity contribution >= 4 is 17.4 Å². The molecule has 2 bridgehead atoms. The monoisotopic (exact) mass is 883 g/mol. The molecular weight excluding hydrogens is 809 g/mol. The number of carbonyl (C=O) groups is 1. The molecule has 0 saturated heterocycles. The third-order valence-electron chi connectivity index (χ3n) is 15.8. The lowest BCUT2D eigenvalue weighted by Gasteiger charge is -2.50. The number of nitrogens with zero attached hydrogens (tertiary/aromatic N) is 1. The standard InChI is InChI=1S/C52H74N4O8/c1-5-6-11-37-16-17-39-13-8-23-52(39)40-30-42(48(61)45(31-40)64-50(34-53-2)24-21-36(32-50)29-47(60)63-27-10-26-57)56-49(54-3)55-25-9-14-38-12-7-22-51(38,46(59)20-18-41(37)52)33-35-15-19-43(58)44(28-35)62-4/h15,18-20,28,30-31,36-39,41,47,53,57-58,60-61H,5-8,10-14,16-17,21-24,26-27,29,32-34H2,1-4H3,(H2,54,55,56)/b20-18+/t36-,37+,38+,39-,41-,47-,50-,51-,52-/m1/s1. The van der Waals surface area contributed by atoms with E-state index in [9.17, 15) is 20.4 Å². The lowest BCUT2D eigenvalue weighted by Crippen LogP contribution is -2.46. The molecule has 1 spiro atoms. The maximum atomic E-state index is 15.3. The predicted octanol–water partition coefficient (Wildman–Crippen LogP) is 8.11. The Bertz CT molecular complexity index is 2050. The first-order valence-corrected chi connectivity index (χ1v) is 24.2. The molecule has 7 rings (SSSR count). The zero-order valence-electron chi connectivity index (χ0n) is 38.7. The van der Waals surface area contributed by atoms with E-state index < -0.39 is 17.3 Å². The molecule has 64 heavy (non-hydrogen) atoms. The van der Waals surface area contributed by atoms with E-state index in [2.05, 4.69) is 58.0 Å². The number of aromatic hydroxyl groups is 2. The summed E-state index contributed by atoms with van der Waals surface area (Å²) < 4.78 is 18.3. The highest BCUT2D eigenvalue weighted by molar-refractivity contribution is 5.97. The molecule has 12 heteroatoms. The van der Waals surface area contributed by atoms with Crippen molar-refractivity contribution in [3.8, 4) is 35.0 Å². The number of hydrogen-bond donors (Lipinski definition) is 7. The van der Waals surface area contributed by atoms with Crippen LogP contribution < -0.4 is 25.4 Å². The molecule has 12 nitrogen and oxygen atoms in total. The second-order valence-electron chi connectivity index (χ2n) is 19.5. The number of methoxy groups -OCH3 is 1. The van der Waals surface area contributed by atoms with Gasteiger partial charge in [0.2, 0.25) is 5.96 Å². The number of aliphatic imine (C=N–C) groups is 1. The van der Waals surface area contributed by atoms with E-state index in [-0.39, 0.29) is 47.1 Å². The van der Waals surface area contributed by atoms with Gasteiger partial charge < -0.3 is 45.3 Å². The third-order valence-corrected chi connectivity index (χ3v) is 15.8. The van der Waals surface area contributed by atoms with E-state index >= 15 is 4.79 Å². The summed E-state index contributed by atoms with van der Waals surface area (Å²) in [4.78, 5) is 19.8. The molecule has 4 fully saturated rings. The summed E-state index contributed by atoms with van der Waals surface area (Å²) in [5.41, 5.74) is 0.923. The van der Waals surface area contributed by atoms with Crippen molar-refractivity contribution in [2.45, 2.75) is 140 Å². The van der Waals surface area contributed by atoms with Crippen LogP contribution in [0, 0.1) is 47.0 Å². The highest BCUT2D eigenvalue weighted by Gasteiger charge is 2.55. The molecule has 2 aromatic rings. The quantitative estimate of drug-likeness (QED) is 0.0376. The van der Waals surface area contributed by atoms with Gasteiger partial charge in [-0.05, 0) is 155 Å². The van der Waals surface area contributed by atoms with Crippen LogP contribution >= 0.6 is 0 Å². The van der Waals surface area contributed by atoms with Crippen molar-refractivity contribution in [1.82, 2.24) is 10.6 Å². The molecule has 0 radical (unpaired) electrons. The molecule has 4 saturated carbocycles. The number of guanidine groups is 1. The number of aliphatic hydroxyl groups excluding tert-OH is 2. The summed E-state index contributed by atoms with van der Waals surface area (Å²) in [6.07, 6.45) is 18.8. The summed E-state index contributed by atoms with van der Waals surface area (Å²) >= 11 is 0. The number of carbonyl (C=O) groups excluding carboxylic acids is 1. The Kier molecular flexibility index (Phi) is 15.9. The lowest BCUT2D eigenvalue weighted by atomic mass is 9.54. The molecule has 7 N–H and O–H groups in total. The molecule has 0 aromatic heterocycles. The SMILES string of the molecule is CCCC[C@H]1CC[C@H]2CCC[C@]23c2cc(c(O)c(O[C@]4(CNC)CC[C@H](C[C@H](O)OCCCO)C4)c2)NC(=NC)NC#CC[C@@H]2CCC[C@]2(Cc2ccc(O)c(OC)c2)C(=O)/C=C/[C@H]13. The van der Waals surface area contributed by atoms with Crippen LogP contribution in [0.5, 0.6) is 23.0 Å². The Morgan fingerprint density at radius 3 is 2.62 bits per heavy atom. The van der Waals surface area contributed by atoms with Crippen molar-refractivity contribution in [2.75, 3.05) is 46.3 Å². The van der Waals surface area contributed by atoms with Gasteiger partial charge in [0.1, 0.15) is 5.60 Å². The number of hydrogen-bond acceptors (Lipinski definition) is 10. The number of allylic oxidation sites excluding steroid dienone is 2. The number of nitrogens with one attached hydrogen (secondary N) is 3. The zero-order valence-corrected chi connectivity index (χ0v) is 38.7. The van der Waals surface area contributed by atoms with Crippen LogP contribution in [-0.4, -0.2) is 85.0 Å². The first kappa shape index (κ1) is 47.7.